The van der Waals surface area contributed by atoms with Crippen LogP contribution in [0.4, 0.5) is 0 Å². The average Bonchev–Trinajstić information content (AvgIpc) is 2.78. The van der Waals surface area contributed by atoms with E-state index in [1.807, 2.05) is 19.1 Å². The number of carbonyl (C=O) groups is 1. The average molecular weight is 248 g/mol. The van der Waals surface area contributed by atoms with E-state index in [2.05, 4.69) is 9.97 Å². The lowest BCUT2D eigenvalue weighted by atomic mass is 10.1. The van der Waals surface area contributed by atoms with E-state index in [1.165, 1.54) is 6.33 Å². The zero-order valence-corrected chi connectivity index (χ0v) is 10.1. The maximum absolute atomic E-state index is 10.6. The Bertz CT molecular complexity index is 510. The largest absolute Gasteiger partial charge is 0.481 e. The third-order valence-corrected chi connectivity index (χ3v) is 3.80. The summed E-state index contributed by atoms with van der Waals surface area (Å²) in [6.45, 7) is 1.92. The van der Waals surface area contributed by atoms with E-state index in [4.69, 9.17) is 5.11 Å². The second kappa shape index (κ2) is 5.05. The van der Waals surface area contributed by atoms with Crippen molar-refractivity contribution in [3.8, 4) is 10.4 Å². The van der Waals surface area contributed by atoms with Crippen LogP contribution in [0.3, 0.4) is 0 Å². The summed E-state index contributed by atoms with van der Waals surface area (Å²) in [6, 6.07) is 3.96. The van der Waals surface area contributed by atoms with Crippen molar-refractivity contribution in [2.75, 3.05) is 0 Å². The molecule has 0 bridgehead atoms. The van der Waals surface area contributed by atoms with E-state index in [1.54, 1.807) is 23.7 Å². The van der Waals surface area contributed by atoms with Gasteiger partial charge in [-0.15, -0.1) is 11.3 Å². The Morgan fingerprint density at radius 2 is 2.12 bits per heavy atom. The summed E-state index contributed by atoms with van der Waals surface area (Å²) >= 11 is 1.59. The van der Waals surface area contributed by atoms with E-state index in [-0.39, 0.29) is 12.3 Å². The SMILES string of the molecule is CC(CC(=O)O)c1ccc(-c2cncnc2)s1. The quantitative estimate of drug-likeness (QED) is 0.903. The van der Waals surface area contributed by atoms with Gasteiger partial charge in [0.1, 0.15) is 6.33 Å². The summed E-state index contributed by atoms with van der Waals surface area (Å²) in [5.74, 6) is -0.730. The van der Waals surface area contributed by atoms with Crippen LogP contribution in [0.2, 0.25) is 0 Å². The van der Waals surface area contributed by atoms with Gasteiger partial charge in [-0.05, 0) is 12.1 Å². The summed E-state index contributed by atoms with van der Waals surface area (Å²) in [7, 11) is 0. The predicted molar refractivity (Wildman–Crippen MR) is 66.0 cm³/mol. The van der Waals surface area contributed by atoms with Crippen molar-refractivity contribution in [2.24, 2.45) is 0 Å². The molecule has 4 nitrogen and oxygen atoms in total. The maximum atomic E-state index is 10.6. The minimum atomic E-state index is -0.768. The van der Waals surface area contributed by atoms with Gasteiger partial charge in [-0.3, -0.25) is 4.79 Å². The van der Waals surface area contributed by atoms with E-state index >= 15 is 0 Å². The molecule has 0 aliphatic carbocycles. The minimum absolute atomic E-state index is 0.0379. The number of thiophene rings is 1. The molecule has 2 aromatic rings. The molecular weight excluding hydrogens is 236 g/mol. The van der Waals surface area contributed by atoms with Crippen molar-refractivity contribution < 1.29 is 9.90 Å². The molecule has 1 N–H and O–H groups in total. The fourth-order valence-corrected chi connectivity index (χ4v) is 2.60. The first-order chi connectivity index (χ1) is 8.16. The molecule has 0 amide bonds. The van der Waals surface area contributed by atoms with Crippen LogP contribution in [0.15, 0.2) is 30.9 Å². The molecule has 0 saturated heterocycles. The lowest BCUT2D eigenvalue weighted by molar-refractivity contribution is -0.137. The molecule has 1 atom stereocenters. The van der Waals surface area contributed by atoms with E-state index < -0.39 is 5.97 Å². The van der Waals surface area contributed by atoms with Crippen molar-refractivity contribution in [2.45, 2.75) is 19.3 Å². The highest BCUT2D eigenvalue weighted by atomic mass is 32.1. The van der Waals surface area contributed by atoms with Crippen LogP contribution >= 0.6 is 11.3 Å². The van der Waals surface area contributed by atoms with Gasteiger partial charge < -0.3 is 5.11 Å². The van der Waals surface area contributed by atoms with Gasteiger partial charge in [-0.25, -0.2) is 9.97 Å². The first-order valence-corrected chi connectivity index (χ1v) is 6.05. The minimum Gasteiger partial charge on any atom is -0.481 e. The van der Waals surface area contributed by atoms with Gasteiger partial charge in [-0.1, -0.05) is 6.92 Å². The number of rotatable bonds is 4. The summed E-state index contributed by atoms with van der Waals surface area (Å²) in [4.78, 5) is 20.7. The molecule has 0 aromatic carbocycles. The number of hydrogen-bond donors (Lipinski definition) is 1. The molecule has 0 radical (unpaired) electrons. The van der Waals surface area contributed by atoms with Crippen molar-refractivity contribution in [1.29, 1.82) is 0 Å². The van der Waals surface area contributed by atoms with Crippen LogP contribution in [0.25, 0.3) is 10.4 Å². The van der Waals surface area contributed by atoms with Gasteiger partial charge in [0.2, 0.25) is 0 Å². The molecule has 2 heterocycles. The van der Waals surface area contributed by atoms with Gasteiger partial charge in [0.25, 0.3) is 0 Å². The van der Waals surface area contributed by atoms with Crippen LogP contribution in [0.5, 0.6) is 0 Å². The van der Waals surface area contributed by atoms with Crippen LogP contribution in [0.1, 0.15) is 24.1 Å². The zero-order chi connectivity index (χ0) is 12.3. The number of hydrogen-bond acceptors (Lipinski definition) is 4. The standard InChI is InChI=1S/C12H12N2O2S/c1-8(4-12(15)16)10-2-3-11(17-10)9-5-13-7-14-6-9/h2-3,5-8H,4H2,1H3,(H,15,16). The van der Waals surface area contributed by atoms with Gasteiger partial charge in [0, 0.05) is 33.6 Å². The zero-order valence-electron chi connectivity index (χ0n) is 9.33. The molecule has 0 saturated carbocycles. The number of nitrogens with zero attached hydrogens (tertiary/aromatic N) is 2. The number of carboxylic acid groups (broad SMARTS) is 1. The fourth-order valence-electron chi connectivity index (χ4n) is 1.56. The maximum Gasteiger partial charge on any atom is 0.303 e. The van der Waals surface area contributed by atoms with Gasteiger partial charge >= 0.3 is 5.97 Å². The molecule has 0 spiro atoms. The van der Waals surface area contributed by atoms with Gasteiger partial charge in [-0.2, -0.15) is 0 Å². The number of aromatic nitrogens is 2. The Morgan fingerprint density at radius 3 is 2.76 bits per heavy atom. The lowest BCUT2D eigenvalue weighted by Gasteiger charge is -2.04. The van der Waals surface area contributed by atoms with Crippen LogP contribution in [-0.2, 0) is 4.79 Å². The second-order valence-corrected chi connectivity index (χ2v) is 4.94. The second-order valence-electron chi connectivity index (χ2n) is 3.83. The molecule has 2 rings (SSSR count). The number of carboxylic acids is 1. The van der Waals surface area contributed by atoms with Gasteiger partial charge in [0.15, 0.2) is 0 Å². The highest BCUT2D eigenvalue weighted by molar-refractivity contribution is 7.15. The van der Waals surface area contributed by atoms with E-state index in [9.17, 15) is 4.79 Å². The summed E-state index contributed by atoms with van der Waals surface area (Å²) in [5.41, 5.74) is 0.964. The third kappa shape index (κ3) is 2.88. The molecule has 17 heavy (non-hydrogen) atoms. The van der Waals surface area contributed by atoms with Gasteiger partial charge in [0.05, 0.1) is 6.42 Å². The summed E-state index contributed by atoms with van der Waals surface area (Å²) < 4.78 is 0. The molecule has 88 valence electrons. The monoisotopic (exact) mass is 248 g/mol. The molecule has 0 aliphatic heterocycles. The van der Waals surface area contributed by atoms with Crippen LogP contribution in [-0.4, -0.2) is 21.0 Å². The Balaban J connectivity index is 2.19. The van der Waals surface area contributed by atoms with Crippen molar-refractivity contribution >= 4 is 17.3 Å². The topological polar surface area (TPSA) is 63.1 Å². The van der Waals surface area contributed by atoms with E-state index in [0.29, 0.717) is 0 Å². The highest BCUT2D eigenvalue weighted by Crippen LogP contribution is 2.32. The lowest BCUT2D eigenvalue weighted by Crippen LogP contribution is -2.00. The fraction of sp³-hybridized carbons (Fsp3) is 0.250. The van der Waals surface area contributed by atoms with Crippen molar-refractivity contribution in [3.05, 3.63) is 35.7 Å². The van der Waals surface area contributed by atoms with Crippen molar-refractivity contribution in [1.82, 2.24) is 9.97 Å². The molecule has 1 unspecified atom stereocenters. The molecular formula is C12H12N2O2S. The Morgan fingerprint density at radius 1 is 1.41 bits per heavy atom. The van der Waals surface area contributed by atoms with Crippen LogP contribution < -0.4 is 0 Å². The first-order valence-electron chi connectivity index (χ1n) is 5.23. The molecule has 0 fully saturated rings. The smallest absolute Gasteiger partial charge is 0.303 e. The molecule has 5 heteroatoms. The van der Waals surface area contributed by atoms with Crippen molar-refractivity contribution in [3.63, 3.8) is 0 Å². The van der Waals surface area contributed by atoms with Crippen LogP contribution in [0, 0.1) is 0 Å². The molecule has 0 aliphatic rings. The predicted octanol–water partition coefficient (Wildman–Crippen LogP) is 2.78. The Hall–Kier alpha value is -1.75. The highest BCUT2D eigenvalue weighted by Gasteiger charge is 2.13. The summed E-state index contributed by atoms with van der Waals surface area (Å²) in [6.07, 6.45) is 5.16. The Kier molecular flexibility index (Phi) is 3.49. The molecule has 2 aromatic heterocycles. The Labute approximate surface area is 103 Å². The third-order valence-electron chi connectivity index (χ3n) is 2.44. The normalized spacial score (nSPS) is 12.3. The van der Waals surface area contributed by atoms with E-state index in [0.717, 1.165) is 15.3 Å². The number of aliphatic carboxylic acids is 1. The first kappa shape index (κ1) is 11.7. The summed E-state index contributed by atoms with van der Waals surface area (Å²) in [5, 5.41) is 8.75.